The van der Waals surface area contributed by atoms with Crippen molar-refractivity contribution in [3.05, 3.63) is 35.9 Å². The molecule has 1 fully saturated rings. The summed E-state index contributed by atoms with van der Waals surface area (Å²) in [5.41, 5.74) is 1.12. The Morgan fingerprint density at radius 3 is 2.81 bits per heavy atom. The van der Waals surface area contributed by atoms with E-state index in [2.05, 4.69) is 28.9 Å². The topological polar surface area (TPSA) is 56.7 Å². The van der Waals surface area contributed by atoms with Crippen molar-refractivity contribution in [2.24, 2.45) is 0 Å². The van der Waals surface area contributed by atoms with Gasteiger partial charge in [-0.2, -0.15) is 0 Å². The third-order valence-electron chi connectivity index (χ3n) is 4.13. The highest BCUT2D eigenvalue weighted by Crippen LogP contribution is 2.27. The Morgan fingerprint density at radius 1 is 1.38 bits per heavy atom. The Kier molecular flexibility index (Phi) is 3.51. The van der Waals surface area contributed by atoms with E-state index in [1.54, 1.807) is 6.07 Å². The largest absolute Gasteiger partial charge is 0.478 e. The minimum atomic E-state index is -0.920. The lowest BCUT2D eigenvalue weighted by Gasteiger charge is -2.22. The van der Waals surface area contributed by atoms with Gasteiger partial charge < -0.3 is 14.9 Å². The number of pyridine rings is 1. The number of carboxylic acid groups (broad SMARTS) is 1. The normalized spacial score (nSPS) is 18.6. The summed E-state index contributed by atoms with van der Waals surface area (Å²) in [5.74, 6) is -0.331. The first-order valence-corrected chi connectivity index (χ1v) is 7.10. The van der Waals surface area contributed by atoms with Crippen LogP contribution >= 0.6 is 0 Å². The minimum Gasteiger partial charge on any atom is -0.478 e. The highest BCUT2D eigenvalue weighted by molar-refractivity contribution is 5.98. The van der Waals surface area contributed by atoms with Crippen LogP contribution in [0.5, 0.6) is 0 Å². The molecule has 1 aromatic heterocycles. The summed E-state index contributed by atoms with van der Waals surface area (Å²) in [4.78, 5) is 20.4. The average molecular weight is 285 g/mol. The number of hydrogen-bond donors (Lipinski definition) is 1. The first kappa shape index (κ1) is 13.8. The second-order valence-electron chi connectivity index (χ2n) is 5.71. The summed E-state index contributed by atoms with van der Waals surface area (Å²) in [6.45, 7) is 1.66. The van der Waals surface area contributed by atoms with Crippen LogP contribution in [0, 0.1) is 0 Å². The van der Waals surface area contributed by atoms with Crippen LogP contribution in [0.3, 0.4) is 0 Å². The Labute approximate surface area is 123 Å². The molecule has 0 saturated carbocycles. The molecule has 5 heteroatoms. The molecule has 0 spiro atoms. The fourth-order valence-electron chi connectivity index (χ4n) is 2.86. The van der Waals surface area contributed by atoms with Crippen molar-refractivity contribution in [1.82, 2.24) is 9.88 Å². The average Bonchev–Trinajstić information content (AvgIpc) is 2.95. The Morgan fingerprint density at radius 2 is 2.14 bits per heavy atom. The molecule has 0 bridgehead atoms. The zero-order valence-electron chi connectivity index (χ0n) is 12.3. The van der Waals surface area contributed by atoms with Gasteiger partial charge in [0, 0.05) is 24.5 Å². The van der Waals surface area contributed by atoms with Crippen LogP contribution in [0.15, 0.2) is 30.3 Å². The van der Waals surface area contributed by atoms with Gasteiger partial charge in [-0.15, -0.1) is 0 Å². The van der Waals surface area contributed by atoms with E-state index in [0.29, 0.717) is 11.9 Å². The Balaban J connectivity index is 2.04. The third-order valence-corrected chi connectivity index (χ3v) is 4.13. The van der Waals surface area contributed by atoms with E-state index in [-0.39, 0.29) is 5.56 Å². The van der Waals surface area contributed by atoms with Gasteiger partial charge >= 0.3 is 5.97 Å². The number of benzene rings is 1. The predicted octanol–water partition coefficient (Wildman–Crippen LogP) is 2.07. The second-order valence-corrected chi connectivity index (χ2v) is 5.71. The Hall–Kier alpha value is -2.14. The number of aromatic carboxylic acids is 1. The molecule has 110 valence electrons. The molecule has 3 rings (SSSR count). The summed E-state index contributed by atoms with van der Waals surface area (Å²) in [6, 6.07) is 9.80. The van der Waals surface area contributed by atoms with Crippen LogP contribution in [0.25, 0.3) is 10.9 Å². The molecule has 5 nitrogen and oxygen atoms in total. The van der Waals surface area contributed by atoms with Gasteiger partial charge in [-0.05, 0) is 32.6 Å². The van der Waals surface area contributed by atoms with Crippen molar-refractivity contribution in [3.8, 4) is 0 Å². The van der Waals surface area contributed by atoms with E-state index >= 15 is 0 Å². The highest BCUT2D eigenvalue weighted by atomic mass is 16.4. The SMILES string of the molecule is CN(C)C1CCN(c2nc3ccccc3cc2C(=O)O)C1. The van der Waals surface area contributed by atoms with Crippen LogP contribution < -0.4 is 4.90 Å². The van der Waals surface area contributed by atoms with Gasteiger partial charge in [0.1, 0.15) is 11.4 Å². The van der Waals surface area contributed by atoms with Crippen LogP contribution in [-0.4, -0.2) is 54.2 Å². The molecule has 0 amide bonds. The predicted molar refractivity (Wildman–Crippen MR) is 83.0 cm³/mol. The number of para-hydroxylation sites is 1. The molecule has 21 heavy (non-hydrogen) atoms. The summed E-state index contributed by atoms with van der Waals surface area (Å²) in [5, 5.41) is 10.3. The van der Waals surface area contributed by atoms with Gasteiger partial charge in [-0.25, -0.2) is 9.78 Å². The van der Waals surface area contributed by atoms with Crippen molar-refractivity contribution in [1.29, 1.82) is 0 Å². The van der Waals surface area contributed by atoms with E-state index in [9.17, 15) is 9.90 Å². The second kappa shape index (κ2) is 5.33. The Bertz CT molecular complexity index is 684. The molecule has 1 aliphatic heterocycles. The molecule has 2 aromatic rings. The monoisotopic (exact) mass is 285 g/mol. The molecule has 1 N–H and O–H groups in total. The van der Waals surface area contributed by atoms with Crippen LogP contribution in [0.2, 0.25) is 0 Å². The van der Waals surface area contributed by atoms with E-state index in [1.165, 1.54) is 0 Å². The zero-order valence-corrected chi connectivity index (χ0v) is 12.3. The molecule has 0 aliphatic carbocycles. The number of rotatable bonds is 3. The van der Waals surface area contributed by atoms with Crippen LogP contribution in [-0.2, 0) is 0 Å². The van der Waals surface area contributed by atoms with Crippen molar-refractivity contribution < 1.29 is 9.90 Å². The maximum absolute atomic E-state index is 11.6. The highest BCUT2D eigenvalue weighted by Gasteiger charge is 2.28. The van der Waals surface area contributed by atoms with Gasteiger partial charge in [0.2, 0.25) is 0 Å². The smallest absolute Gasteiger partial charge is 0.339 e. The molecule has 0 radical (unpaired) electrons. The summed E-state index contributed by atoms with van der Waals surface area (Å²) in [7, 11) is 4.11. The lowest BCUT2D eigenvalue weighted by atomic mass is 10.1. The van der Waals surface area contributed by atoms with Gasteiger partial charge in [0.25, 0.3) is 0 Å². The molecule has 1 unspecified atom stereocenters. The van der Waals surface area contributed by atoms with Gasteiger partial charge in [0.05, 0.1) is 5.52 Å². The number of aromatic nitrogens is 1. The van der Waals surface area contributed by atoms with Crippen molar-refractivity contribution in [2.45, 2.75) is 12.5 Å². The van der Waals surface area contributed by atoms with E-state index in [0.717, 1.165) is 30.4 Å². The van der Waals surface area contributed by atoms with Crippen LogP contribution in [0.4, 0.5) is 5.82 Å². The third kappa shape index (κ3) is 2.56. The minimum absolute atomic E-state index is 0.285. The van der Waals surface area contributed by atoms with Gasteiger partial charge in [-0.1, -0.05) is 18.2 Å². The molecular formula is C16H19N3O2. The number of hydrogen-bond acceptors (Lipinski definition) is 4. The zero-order chi connectivity index (χ0) is 15.0. The maximum atomic E-state index is 11.6. The summed E-state index contributed by atoms with van der Waals surface area (Å²) in [6.07, 6.45) is 1.03. The number of carbonyl (C=O) groups is 1. The molecular weight excluding hydrogens is 266 g/mol. The number of carboxylic acids is 1. The first-order valence-electron chi connectivity index (χ1n) is 7.10. The van der Waals surface area contributed by atoms with Crippen LogP contribution in [0.1, 0.15) is 16.8 Å². The quantitative estimate of drug-likeness (QED) is 0.935. The lowest BCUT2D eigenvalue weighted by Crippen LogP contribution is -2.32. The molecule has 1 aromatic carbocycles. The fourth-order valence-corrected chi connectivity index (χ4v) is 2.86. The molecule has 1 aliphatic rings. The number of nitrogens with zero attached hydrogens (tertiary/aromatic N) is 3. The molecule has 2 heterocycles. The molecule has 1 atom stereocenters. The molecule has 1 saturated heterocycles. The lowest BCUT2D eigenvalue weighted by molar-refractivity contribution is 0.0697. The maximum Gasteiger partial charge on any atom is 0.339 e. The van der Waals surface area contributed by atoms with E-state index in [4.69, 9.17) is 0 Å². The van der Waals surface area contributed by atoms with Crippen molar-refractivity contribution in [3.63, 3.8) is 0 Å². The summed E-state index contributed by atoms with van der Waals surface area (Å²) < 4.78 is 0. The van der Waals surface area contributed by atoms with E-state index < -0.39 is 5.97 Å². The summed E-state index contributed by atoms with van der Waals surface area (Å²) >= 11 is 0. The van der Waals surface area contributed by atoms with Gasteiger partial charge in [-0.3, -0.25) is 0 Å². The number of fused-ring (bicyclic) bond motifs is 1. The number of anilines is 1. The number of likely N-dealkylation sites (N-methyl/N-ethyl adjacent to an activating group) is 1. The fraction of sp³-hybridized carbons (Fsp3) is 0.375. The van der Waals surface area contributed by atoms with E-state index in [1.807, 2.05) is 24.3 Å². The standard InChI is InChI=1S/C16H19N3O2/c1-18(2)12-7-8-19(10-12)15-13(16(20)21)9-11-5-3-4-6-14(11)17-15/h3-6,9,12H,7-8,10H2,1-2H3,(H,20,21). The van der Waals surface area contributed by atoms with Gasteiger partial charge in [0.15, 0.2) is 0 Å². The van der Waals surface area contributed by atoms with Crippen molar-refractivity contribution >= 4 is 22.7 Å². The van der Waals surface area contributed by atoms with Crippen molar-refractivity contribution in [2.75, 3.05) is 32.1 Å². The first-order chi connectivity index (χ1) is 10.1.